The number of carbonyl (C=O) groups excluding carboxylic acids is 1. The van der Waals surface area contributed by atoms with Crippen molar-refractivity contribution in [3.63, 3.8) is 0 Å². The van der Waals surface area contributed by atoms with Gasteiger partial charge < -0.3 is 15.2 Å². The van der Waals surface area contributed by atoms with E-state index < -0.39 is 17.8 Å². The lowest BCUT2D eigenvalue weighted by atomic mass is 9.83. The molecule has 20 heavy (non-hydrogen) atoms. The van der Waals surface area contributed by atoms with Gasteiger partial charge in [-0.15, -0.1) is 0 Å². The van der Waals surface area contributed by atoms with E-state index in [4.69, 9.17) is 4.74 Å². The quantitative estimate of drug-likeness (QED) is 0.811. The maximum Gasteiger partial charge on any atom is 0.407 e. The van der Waals surface area contributed by atoms with Gasteiger partial charge in [0.1, 0.15) is 5.60 Å². The molecule has 4 heteroatoms. The highest BCUT2D eigenvalue weighted by molar-refractivity contribution is 5.68. The SMILES string of the molecule is CCC(O)[C@H](CC1CCCCC1)NC(=O)OC(C)(C)C. The zero-order chi connectivity index (χ0) is 15.2. The number of rotatable bonds is 5. The molecule has 0 aromatic carbocycles. The van der Waals surface area contributed by atoms with Gasteiger partial charge >= 0.3 is 6.09 Å². The fourth-order valence-electron chi connectivity index (χ4n) is 2.84. The molecule has 1 rings (SSSR count). The van der Waals surface area contributed by atoms with Gasteiger partial charge in [0.25, 0.3) is 0 Å². The van der Waals surface area contributed by atoms with Crippen LogP contribution in [0.3, 0.4) is 0 Å². The number of hydrogen-bond donors (Lipinski definition) is 2. The fraction of sp³-hybridized carbons (Fsp3) is 0.938. The maximum atomic E-state index is 11.9. The summed E-state index contributed by atoms with van der Waals surface area (Å²) >= 11 is 0. The third-order valence-corrected chi connectivity index (χ3v) is 3.90. The van der Waals surface area contributed by atoms with E-state index in [1.165, 1.54) is 32.1 Å². The first kappa shape index (κ1) is 17.3. The van der Waals surface area contributed by atoms with E-state index in [-0.39, 0.29) is 6.04 Å². The molecule has 1 aliphatic rings. The van der Waals surface area contributed by atoms with Gasteiger partial charge in [0.15, 0.2) is 0 Å². The number of carbonyl (C=O) groups is 1. The Labute approximate surface area is 123 Å². The van der Waals surface area contributed by atoms with Crippen LogP contribution in [0.2, 0.25) is 0 Å². The second kappa shape index (κ2) is 7.87. The molecule has 2 atom stereocenters. The summed E-state index contributed by atoms with van der Waals surface area (Å²) in [5, 5.41) is 13.0. The average Bonchev–Trinajstić information content (AvgIpc) is 2.36. The van der Waals surface area contributed by atoms with Gasteiger partial charge in [-0.1, -0.05) is 39.0 Å². The monoisotopic (exact) mass is 285 g/mol. The predicted octanol–water partition coefficient (Wildman–Crippen LogP) is 3.62. The van der Waals surface area contributed by atoms with Crippen LogP contribution in [-0.2, 0) is 4.74 Å². The number of ether oxygens (including phenoxy) is 1. The molecule has 1 saturated carbocycles. The Morgan fingerprint density at radius 1 is 1.30 bits per heavy atom. The number of aliphatic hydroxyl groups is 1. The van der Waals surface area contributed by atoms with Crippen LogP contribution < -0.4 is 5.32 Å². The van der Waals surface area contributed by atoms with Gasteiger partial charge in [-0.3, -0.25) is 0 Å². The Hall–Kier alpha value is -0.770. The summed E-state index contributed by atoms with van der Waals surface area (Å²) in [5.74, 6) is 0.616. The summed E-state index contributed by atoms with van der Waals surface area (Å²) in [6.45, 7) is 7.48. The minimum atomic E-state index is -0.503. The predicted molar refractivity (Wildman–Crippen MR) is 80.6 cm³/mol. The molecule has 1 amide bonds. The van der Waals surface area contributed by atoms with E-state index in [9.17, 15) is 9.90 Å². The molecule has 0 aromatic heterocycles. The van der Waals surface area contributed by atoms with Crippen molar-refractivity contribution in [2.75, 3.05) is 0 Å². The molecule has 0 saturated heterocycles. The first-order valence-electron chi connectivity index (χ1n) is 7.99. The van der Waals surface area contributed by atoms with Crippen molar-refractivity contribution in [2.24, 2.45) is 5.92 Å². The van der Waals surface area contributed by atoms with E-state index in [1.807, 2.05) is 27.7 Å². The number of aliphatic hydroxyl groups excluding tert-OH is 1. The Morgan fingerprint density at radius 2 is 1.90 bits per heavy atom. The topological polar surface area (TPSA) is 58.6 Å². The lowest BCUT2D eigenvalue weighted by Gasteiger charge is -2.30. The highest BCUT2D eigenvalue weighted by Gasteiger charge is 2.27. The zero-order valence-electron chi connectivity index (χ0n) is 13.4. The first-order valence-corrected chi connectivity index (χ1v) is 7.99. The lowest BCUT2D eigenvalue weighted by molar-refractivity contribution is 0.0387. The molecule has 1 unspecified atom stereocenters. The summed E-state index contributed by atoms with van der Waals surface area (Å²) in [4.78, 5) is 11.9. The molecule has 0 heterocycles. The van der Waals surface area contributed by atoms with Crippen molar-refractivity contribution >= 4 is 6.09 Å². The molecule has 118 valence electrons. The largest absolute Gasteiger partial charge is 0.444 e. The van der Waals surface area contributed by atoms with E-state index in [1.54, 1.807) is 0 Å². The number of amides is 1. The summed E-state index contributed by atoms with van der Waals surface area (Å²) in [6, 6.07) is -0.196. The summed E-state index contributed by atoms with van der Waals surface area (Å²) < 4.78 is 5.29. The Kier molecular flexibility index (Phi) is 6.80. The van der Waals surface area contributed by atoms with Crippen LogP contribution in [0.4, 0.5) is 4.79 Å². The molecule has 0 bridgehead atoms. The van der Waals surface area contributed by atoms with Crippen LogP contribution in [0.5, 0.6) is 0 Å². The Bertz CT molecular complexity index is 293. The Balaban J connectivity index is 2.52. The second-order valence-corrected chi connectivity index (χ2v) is 6.97. The Morgan fingerprint density at radius 3 is 2.40 bits per heavy atom. The van der Waals surface area contributed by atoms with Crippen molar-refractivity contribution < 1.29 is 14.6 Å². The van der Waals surface area contributed by atoms with Gasteiger partial charge in [-0.05, 0) is 39.5 Å². The van der Waals surface area contributed by atoms with Gasteiger partial charge in [0.05, 0.1) is 12.1 Å². The molecular formula is C16H31NO3. The van der Waals surface area contributed by atoms with Crippen LogP contribution in [0.1, 0.15) is 72.6 Å². The molecule has 0 radical (unpaired) electrons. The highest BCUT2D eigenvalue weighted by atomic mass is 16.6. The zero-order valence-corrected chi connectivity index (χ0v) is 13.4. The van der Waals surface area contributed by atoms with E-state index in [2.05, 4.69) is 5.32 Å². The fourth-order valence-corrected chi connectivity index (χ4v) is 2.84. The van der Waals surface area contributed by atoms with Crippen LogP contribution in [0, 0.1) is 5.92 Å². The number of alkyl carbamates (subject to hydrolysis) is 1. The lowest BCUT2D eigenvalue weighted by Crippen LogP contribution is -2.46. The summed E-state index contributed by atoms with van der Waals surface area (Å²) in [6.07, 6.45) is 6.86. The highest BCUT2D eigenvalue weighted by Crippen LogP contribution is 2.28. The van der Waals surface area contributed by atoms with Crippen LogP contribution in [0.25, 0.3) is 0 Å². The molecule has 0 aliphatic heterocycles. The standard InChI is InChI=1S/C16H31NO3/c1-5-14(18)13(11-12-9-7-6-8-10-12)17-15(19)20-16(2,3)4/h12-14,18H,5-11H2,1-4H3,(H,17,19)/t13-,14?/m0/s1. The summed E-state index contributed by atoms with van der Waals surface area (Å²) in [5.41, 5.74) is -0.503. The third-order valence-electron chi connectivity index (χ3n) is 3.90. The van der Waals surface area contributed by atoms with Crippen molar-refractivity contribution in [1.29, 1.82) is 0 Å². The molecule has 1 aliphatic carbocycles. The van der Waals surface area contributed by atoms with Gasteiger partial charge in [-0.25, -0.2) is 4.79 Å². The van der Waals surface area contributed by atoms with Crippen LogP contribution >= 0.6 is 0 Å². The molecule has 4 nitrogen and oxygen atoms in total. The number of hydrogen-bond acceptors (Lipinski definition) is 3. The molecular weight excluding hydrogens is 254 g/mol. The molecule has 2 N–H and O–H groups in total. The average molecular weight is 285 g/mol. The van der Waals surface area contributed by atoms with Crippen molar-refractivity contribution in [1.82, 2.24) is 5.32 Å². The van der Waals surface area contributed by atoms with Gasteiger partial charge in [-0.2, -0.15) is 0 Å². The molecule has 0 aromatic rings. The van der Waals surface area contributed by atoms with E-state index in [0.717, 1.165) is 6.42 Å². The second-order valence-electron chi connectivity index (χ2n) is 6.97. The van der Waals surface area contributed by atoms with E-state index in [0.29, 0.717) is 12.3 Å². The van der Waals surface area contributed by atoms with Crippen molar-refractivity contribution in [2.45, 2.75) is 90.4 Å². The van der Waals surface area contributed by atoms with Gasteiger partial charge in [0.2, 0.25) is 0 Å². The van der Waals surface area contributed by atoms with Gasteiger partial charge in [0, 0.05) is 0 Å². The normalized spacial score (nSPS) is 20.2. The molecule has 0 spiro atoms. The van der Waals surface area contributed by atoms with E-state index >= 15 is 0 Å². The van der Waals surface area contributed by atoms with Crippen molar-refractivity contribution in [3.8, 4) is 0 Å². The van der Waals surface area contributed by atoms with Crippen molar-refractivity contribution in [3.05, 3.63) is 0 Å². The molecule has 1 fully saturated rings. The third kappa shape index (κ3) is 6.60. The van der Waals surface area contributed by atoms with Crippen LogP contribution in [0.15, 0.2) is 0 Å². The van der Waals surface area contributed by atoms with Crippen LogP contribution in [-0.4, -0.2) is 28.9 Å². The minimum Gasteiger partial charge on any atom is -0.444 e. The maximum absolute atomic E-state index is 11.9. The smallest absolute Gasteiger partial charge is 0.407 e. The minimum absolute atomic E-state index is 0.196. The first-order chi connectivity index (χ1) is 9.31. The summed E-state index contributed by atoms with van der Waals surface area (Å²) in [7, 11) is 0. The number of nitrogens with one attached hydrogen (secondary N) is 1.